The molecule has 0 aromatic rings. The molecule has 0 aromatic heterocycles. The highest BCUT2D eigenvalue weighted by Crippen LogP contribution is 2.35. The summed E-state index contributed by atoms with van der Waals surface area (Å²) < 4.78 is 4.98. The van der Waals surface area contributed by atoms with Crippen molar-refractivity contribution in [1.29, 1.82) is 0 Å². The highest BCUT2D eigenvalue weighted by atomic mass is 16.5. The molecule has 0 saturated heterocycles. The zero-order valence-electron chi connectivity index (χ0n) is 6.88. The van der Waals surface area contributed by atoms with Crippen LogP contribution in [0.25, 0.3) is 0 Å². The minimum atomic E-state index is -0.175. The maximum Gasteiger partial charge on any atom is 0.217 e. The average molecular weight is 157 g/mol. The number of hydrogen-bond donors (Lipinski definition) is 1. The molecule has 1 aliphatic rings. The van der Waals surface area contributed by atoms with Crippen molar-refractivity contribution in [2.75, 3.05) is 13.7 Å². The van der Waals surface area contributed by atoms with Crippen LogP contribution in [-0.4, -0.2) is 19.6 Å². The molecule has 0 aliphatic heterocycles. The maximum absolute atomic E-state index is 10.5. The fraction of sp³-hybridized carbons (Fsp3) is 0.875. The molecule has 0 radical (unpaired) electrons. The lowest BCUT2D eigenvalue weighted by atomic mass is 9.73. The van der Waals surface area contributed by atoms with Crippen LogP contribution in [-0.2, 0) is 9.53 Å². The quantitative estimate of drug-likeness (QED) is 0.647. The molecule has 0 bridgehead atoms. The van der Waals surface area contributed by atoms with E-state index in [1.54, 1.807) is 7.11 Å². The highest BCUT2D eigenvalue weighted by molar-refractivity contribution is 5.74. The summed E-state index contributed by atoms with van der Waals surface area (Å²) in [6.07, 6.45) is 2.77. The van der Waals surface area contributed by atoms with Gasteiger partial charge in [0.2, 0.25) is 5.91 Å². The van der Waals surface area contributed by atoms with Crippen molar-refractivity contribution in [2.45, 2.75) is 19.3 Å². The number of carbonyl (C=O) groups excluding carboxylic acids is 1. The molecule has 1 amide bonds. The highest BCUT2D eigenvalue weighted by Gasteiger charge is 2.29. The molecule has 0 spiro atoms. The normalized spacial score (nSPS) is 29.5. The number of methoxy groups -OCH3 is 1. The third kappa shape index (κ3) is 2.50. The molecule has 1 fully saturated rings. The summed E-state index contributed by atoms with van der Waals surface area (Å²) >= 11 is 0. The monoisotopic (exact) mass is 157 g/mol. The van der Waals surface area contributed by atoms with E-state index in [0.29, 0.717) is 18.3 Å². The van der Waals surface area contributed by atoms with E-state index in [0.717, 1.165) is 19.4 Å². The average Bonchev–Trinajstić information content (AvgIpc) is 1.82. The molecule has 64 valence electrons. The van der Waals surface area contributed by atoms with E-state index in [2.05, 4.69) is 0 Å². The zero-order valence-corrected chi connectivity index (χ0v) is 6.88. The van der Waals surface area contributed by atoms with Crippen LogP contribution in [0.15, 0.2) is 0 Å². The largest absolute Gasteiger partial charge is 0.384 e. The van der Waals surface area contributed by atoms with Crippen LogP contribution in [0.1, 0.15) is 19.3 Å². The van der Waals surface area contributed by atoms with Crippen LogP contribution in [0.3, 0.4) is 0 Å². The Morgan fingerprint density at radius 3 is 2.64 bits per heavy atom. The van der Waals surface area contributed by atoms with Crippen molar-refractivity contribution in [3.8, 4) is 0 Å². The maximum atomic E-state index is 10.5. The standard InChI is InChI=1S/C8H15NO2/c1-11-5-7-2-6(3-7)4-8(9)10/h6-7H,2-5H2,1H3,(H2,9,10). The second-order valence-electron chi connectivity index (χ2n) is 3.33. The second kappa shape index (κ2) is 3.72. The van der Waals surface area contributed by atoms with E-state index >= 15 is 0 Å². The van der Waals surface area contributed by atoms with Crippen LogP contribution in [0.4, 0.5) is 0 Å². The van der Waals surface area contributed by atoms with Crippen molar-refractivity contribution in [3.05, 3.63) is 0 Å². The molecule has 0 atom stereocenters. The smallest absolute Gasteiger partial charge is 0.217 e. The molecular formula is C8H15NO2. The lowest BCUT2D eigenvalue weighted by molar-refractivity contribution is -0.120. The van der Waals surface area contributed by atoms with Gasteiger partial charge in [-0.3, -0.25) is 4.79 Å². The van der Waals surface area contributed by atoms with E-state index in [1.165, 1.54) is 0 Å². The number of carbonyl (C=O) groups is 1. The molecular weight excluding hydrogens is 142 g/mol. The topological polar surface area (TPSA) is 52.3 Å². The Hall–Kier alpha value is -0.570. The van der Waals surface area contributed by atoms with E-state index in [4.69, 9.17) is 10.5 Å². The van der Waals surface area contributed by atoms with Gasteiger partial charge in [-0.15, -0.1) is 0 Å². The lowest BCUT2D eigenvalue weighted by Gasteiger charge is -2.33. The number of amides is 1. The Kier molecular flexibility index (Phi) is 2.88. The summed E-state index contributed by atoms with van der Waals surface area (Å²) in [5, 5.41) is 0. The van der Waals surface area contributed by atoms with Crippen molar-refractivity contribution in [2.24, 2.45) is 17.6 Å². The Balaban J connectivity index is 2.04. The van der Waals surface area contributed by atoms with Gasteiger partial charge < -0.3 is 10.5 Å². The summed E-state index contributed by atoms with van der Waals surface area (Å²) in [4.78, 5) is 10.5. The molecule has 0 heterocycles. The van der Waals surface area contributed by atoms with E-state index in [1.807, 2.05) is 0 Å². The minimum Gasteiger partial charge on any atom is -0.384 e. The van der Waals surface area contributed by atoms with Gasteiger partial charge in [0.25, 0.3) is 0 Å². The lowest BCUT2D eigenvalue weighted by Crippen LogP contribution is -2.30. The van der Waals surface area contributed by atoms with Gasteiger partial charge in [-0.05, 0) is 24.7 Å². The fourth-order valence-corrected chi connectivity index (χ4v) is 1.70. The van der Waals surface area contributed by atoms with Gasteiger partial charge in [0, 0.05) is 20.1 Å². The summed E-state index contributed by atoms with van der Waals surface area (Å²) in [7, 11) is 1.71. The van der Waals surface area contributed by atoms with Gasteiger partial charge >= 0.3 is 0 Å². The minimum absolute atomic E-state index is 0.175. The van der Waals surface area contributed by atoms with Gasteiger partial charge in [-0.25, -0.2) is 0 Å². The van der Waals surface area contributed by atoms with Crippen molar-refractivity contribution >= 4 is 5.91 Å². The molecule has 11 heavy (non-hydrogen) atoms. The first kappa shape index (κ1) is 8.53. The van der Waals surface area contributed by atoms with Crippen LogP contribution in [0, 0.1) is 11.8 Å². The van der Waals surface area contributed by atoms with Crippen LogP contribution >= 0.6 is 0 Å². The predicted molar refractivity (Wildman–Crippen MR) is 41.9 cm³/mol. The van der Waals surface area contributed by atoms with Crippen molar-refractivity contribution in [3.63, 3.8) is 0 Å². The summed E-state index contributed by atoms with van der Waals surface area (Å²) in [5.74, 6) is 1.03. The number of rotatable bonds is 4. The van der Waals surface area contributed by atoms with Gasteiger partial charge in [-0.1, -0.05) is 0 Å². The van der Waals surface area contributed by atoms with E-state index in [9.17, 15) is 4.79 Å². The molecule has 1 rings (SSSR count). The van der Waals surface area contributed by atoms with E-state index < -0.39 is 0 Å². The molecule has 3 heteroatoms. The number of ether oxygens (including phenoxy) is 1. The first-order valence-electron chi connectivity index (χ1n) is 3.99. The molecule has 0 aromatic carbocycles. The number of nitrogens with two attached hydrogens (primary N) is 1. The molecule has 3 nitrogen and oxygen atoms in total. The van der Waals surface area contributed by atoms with Gasteiger partial charge in [0.15, 0.2) is 0 Å². The summed E-state index contributed by atoms with van der Waals surface area (Å²) in [5.41, 5.74) is 5.05. The fourth-order valence-electron chi connectivity index (χ4n) is 1.70. The van der Waals surface area contributed by atoms with Crippen LogP contribution < -0.4 is 5.73 Å². The first-order valence-corrected chi connectivity index (χ1v) is 3.99. The van der Waals surface area contributed by atoms with E-state index in [-0.39, 0.29) is 5.91 Å². The third-order valence-electron chi connectivity index (χ3n) is 2.23. The molecule has 2 N–H and O–H groups in total. The van der Waals surface area contributed by atoms with Gasteiger partial charge in [0.1, 0.15) is 0 Å². The zero-order chi connectivity index (χ0) is 8.27. The second-order valence-corrected chi connectivity index (χ2v) is 3.33. The SMILES string of the molecule is COCC1CC(CC(N)=O)C1. The molecule has 1 aliphatic carbocycles. The Morgan fingerprint density at radius 2 is 2.18 bits per heavy atom. The Bertz CT molecular complexity index is 141. The Morgan fingerprint density at radius 1 is 1.55 bits per heavy atom. The van der Waals surface area contributed by atoms with Gasteiger partial charge in [-0.2, -0.15) is 0 Å². The number of primary amides is 1. The van der Waals surface area contributed by atoms with Gasteiger partial charge in [0.05, 0.1) is 0 Å². The van der Waals surface area contributed by atoms with Crippen molar-refractivity contribution < 1.29 is 9.53 Å². The summed E-state index contributed by atoms with van der Waals surface area (Å²) in [6.45, 7) is 0.829. The molecule has 1 saturated carbocycles. The first-order chi connectivity index (χ1) is 5.22. The van der Waals surface area contributed by atoms with Crippen LogP contribution in [0.2, 0.25) is 0 Å². The Labute approximate surface area is 66.9 Å². The summed E-state index contributed by atoms with van der Waals surface area (Å²) in [6, 6.07) is 0. The van der Waals surface area contributed by atoms with Crippen molar-refractivity contribution in [1.82, 2.24) is 0 Å². The predicted octanol–water partition coefficient (Wildman–Crippen LogP) is 0.534. The van der Waals surface area contributed by atoms with Crippen LogP contribution in [0.5, 0.6) is 0 Å². The third-order valence-corrected chi connectivity index (χ3v) is 2.23. The number of hydrogen-bond acceptors (Lipinski definition) is 2. The molecule has 0 unspecified atom stereocenters.